The van der Waals surface area contributed by atoms with Crippen LogP contribution in [0.5, 0.6) is 0 Å². The molecule has 3 rings (SSSR count). The highest BCUT2D eigenvalue weighted by Gasteiger charge is 2.33. The van der Waals surface area contributed by atoms with Crippen LogP contribution < -0.4 is 0 Å². The summed E-state index contributed by atoms with van der Waals surface area (Å²) in [7, 11) is 0. The van der Waals surface area contributed by atoms with Gasteiger partial charge in [0.25, 0.3) is 5.91 Å². The monoisotopic (exact) mass is 415 g/mol. The van der Waals surface area contributed by atoms with Gasteiger partial charge < -0.3 is 4.90 Å². The van der Waals surface area contributed by atoms with Crippen LogP contribution in [0.15, 0.2) is 53.0 Å². The molecule has 1 aliphatic heterocycles. The van der Waals surface area contributed by atoms with Crippen molar-refractivity contribution in [2.24, 2.45) is 0 Å². The molecule has 1 fully saturated rings. The maximum Gasteiger partial charge on any atom is 0.416 e. The lowest BCUT2D eigenvalue weighted by Gasteiger charge is -2.24. The Balaban J connectivity index is 1.84. The number of alkyl halides is 3. The number of carbonyl (C=O) groups excluding carboxylic acids is 1. The molecule has 24 heavy (non-hydrogen) atoms. The van der Waals surface area contributed by atoms with Crippen molar-refractivity contribution in [3.63, 3.8) is 0 Å². The van der Waals surface area contributed by atoms with Crippen molar-refractivity contribution in [3.05, 3.63) is 69.7 Å². The van der Waals surface area contributed by atoms with E-state index in [-0.39, 0.29) is 11.3 Å². The van der Waals surface area contributed by atoms with Crippen molar-refractivity contribution < 1.29 is 18.0 Å². The smallest absolute Gasteiger partial charge is 0.322 e. The summed E-state index contributed by atoms with van der Waals surface area (Å²) < 4.78 is 38.9. The van der Waals surface area contributed by atoms with Crippen LogP contribution >= 0.6 is 27.7 Å². The Morgan fingerprint density at radius 2 is 1.88 bits per heavy atom. The zero-order valence-corrected chi connectivity index (χ0v) is 14.8. The average molecular weight is 416 g/mol. The molecule has 2 nitrogen and oxygen atoms in total. The van der Waals surface area contributed by atoms with E-state index in [4.69, 9.17) is 0 Å². The normalized spacial score (nSPS) is 18.0. The zero-order chi connectivity index (χ0) is 17.3. The second-order valence-electron chi connectivity index (χ2n) is 5.35. The molecule has 2 aromatic rings. The molecule has 1 heterocycles. The van der Waals surface area contributed by atoms with E-state index in [1.54, 1.807) is 34.9 Å². The van der Waals surface area contributed by atoms with Crippen LogP contribution in [-0.2, 0) is 6.18 Å². The van der Waals surface area contributed by atoms with Gasteiger partial charge in [0.15, 0.2) is 0 Å². The second kappa shape index (κ2) is 6.80. The zero-order valence-electron chi connectivity index (χ0n) is 12.4. The van der Waals surface area contributed by atoms with E-state index in [9.17, 15) is 18.0 Å². The van der Waals surface area contributed by atoms with E-state index < -0.39 is 11.7 Å². The molecular formula is C17H13BrF3NOS. The molecule has 0 saturated carbocycles. The molecule has 1 unspecified atom stereocenters. The maximum atomic E-state index is 12.7. The van der Waals surface area contributed by atoms with E-state index in [1.807, 2.05) is 6.07 Å². The first-order chi connectivity index (χ1) is 11.4. The minimum atomic E-state index is -4.35. The van der Waals surface area contributed by atoms with E-state index in [0.29, 0.717) is 17.7 Å². The van der Waals surface area contributed by atoms with Gasteiger partial charge in [-0.3, -0.25) is 4.79 Å². The number of carbonyl (C=O) groups is 1. The van der Waals surface area contributed by atoms with E-state index in [2.05, 4.69) is 15.9 Å². The van der Waals surface area contributed by atoms with Gasteiger partial charge >= 0.3 is 6.18 Å². The SMILES string of the molecule is O=C(c1cccc(Br)c1)N1CCSC1c1ccc(C(F)(F)F)cc1. The summed E-state index contributed by atoms with van der Waals surface area (Å²) in [6.45, 7) is 0.571. The highest BCUT2D eigenvalue weighted by atomic mass is 79.9. The number of amides is 1. The number of halogens is 4. The lowest BCUT2D eigenvalue weighted by Crippen LogP contribution is -2.30. The minimum absolute atomic E-state index is 0.119. The van der Waals surface area contributed by atoms with Crippen LogP contribution in [-0.4, -0.2) is 23.1 Å². The molecule has 0 bridgehead atoms. The first-order valence-corrected chi connectivity index (χ1v) is 9.06. The van der Waals surface area contributed by atoms with E-state index in [0.717, 1.165) is 22.4 Å². The van der Waals surface area contributed by atoms with Gasteiger partial charge in [0.1, 0.15) is 5.37 Å². The van der Waals surface area contributed by atoms with Gasteiger partial charge in [-0.15, -0.1) is 11.8 Å². The first-order valence-electron chi connectivity index (χ1n) is 7.21. The number of rotatable bonds is 2. The highest BCUT2D eigenvalue weighted by Crippen LogP contribution is 2.40. The molecule has 0 aliphatic carbocycles. The molecule has 1 saturated heterocycles. The predicted octanol–water partition coefficient (Wildman–Crippen LogP) is 5.36. The van der Waals surface area contributed by atoms with Gasteiger partial charge in [0.2, 0.25) is 0 Å². The van der Waals surface area contributed by atoms with Crippen molar-refractivity contribution in [3.8, 4) is 0 Å². The minimum Gasteiger partial charge on any atom is -0.322 e. The third-order valence-electron chi connectivity index (χ3n) is 3.75. The van der Waals surface area contributed by atoms with Crippen molar-refractivity contribution in [1.29, 1.82) is 0 Å². The molecule has 2 aromatic carbocycles. The lowest BCUT2D eigenvalue weighted by atomic mass is 10.1. The number of thioether (sulfide) groups is 1. The number of hydrogen-bond donors (Lipinski definition) is 0. The summed E-state index contributed by atoms with van der Waals surface area (Å²) in [5.41, 5.74) is 0.580. The molecule has 1 aliphatic rings. The van der Waals surface area contributed by atoms with Crippen molar-refractivity contribution >= 4 is 33.6 Å². The Labute approximate surface area is 150 Å². The summed E-state index contributed by atoms with van der Waals surface area (Å²) >= 11 is 4.90. The summed E-state index contributed by atoms with van der Waals surface area (Å²) in [4.78, 5) is 14.4. The molecule has 1 atom stereocenters. The third kappa shape index (κ3) is 3.62. The van der Waals surface area contributed by atoms with Gasteiger partial charge in [-0.1, -0.05) is 34.1 Å². The van der Waals surface area contributed by atoms with Gasteiger partial charge in [0.05, 0.1) is 5.56 Å². The molecule has 1 amide bonds. The molecule has 0 aromatic heterocycles. The number of nitrogens with zero attached hydrogens (tertiary/aromatic N) is 1. The summed E-state index contributed by atoms with van der Waals surface area (Å²) in [6, 6.07) is 12.1. The fourth-order valence-corrected chi connectivity index (χ4v) is 4.23. The second-order valence-corrected chi connectivity index (χ2v) is 7.46. The maximum absolute atomic E-state index is 12.7. The summed E-state index contributed by atoms with van der Waals surface area (Å²) in [5, 5.41) is -0.265. The van der Waals surface area contributed by atoms with Gasteiger partial charge in [-0.05, 0) is 35.9 Å². The highest BCUT2D eigenvalue weighted by molar-refractivity contribution is 9.10. The van der Waals surface area contributed by atoms with Gasteiger partial charge in [0, 0.05) is 22.3 Å². The van der Waals surface area contributed by atoms with Crippen LogP contribution in [0.3, 0.4) is 0 Å². The molecule has 0 spiro atoms. The Kier molecular flexibility index (Phi) is 4.92. The fourth-order valence-electron chi connectivity index (χ4n) is 2.58. The van der Waals surface area contributed by atoms with E-state index >= 15 is 0 Å². The van der Waals surface area contributed by atoms with Crippen molar-refractivity contribution in [1.82, 2.24) is 4.90 Å². The average Bonchev–Trinajstić information content (AvgIpc) is 3.03. The molecule has 7 heteroatoms. The largest absolute Gasteiger partial charge is 0.416 e. The topological polar surface area (TPSA) is 20.3 Å². The number of hydrogen-bond acceptors (Lipinski definition) is 2. The van der Waals surface area contributed by atoms with Crippen molar-refractivity contribution in [2.45, 2.75) is 11.6 Å². The summed E-state index contributed by atoms with van der Waals surface area (Å²) in [6.07, 6.45) is -4.35. The van der Waals surface area contributed by atoms with Gasteiger partial charge in [-0.2, -0.15) is 13.2 Å². The van der Waals surface area contributed by atoms with Crippen LogP contribution in [0, 0.1) is 0 Å². The Bertz CT molecular complexity index is 748. The standard InChI is InChI=1S/C17H13BrF3NOS/c18-14-3-1-2-12(10-14)15(23)22-8-9-24-16(22)11-4-6-13(7-5-11)17(19,20)21/h1-7,10,16H,8-9H2. The fraction of sp³-hybridized carbons (Fsp3) is 0.235. The van der Waals surface area contributed by atoms with Crippen LogP contribution in [0.2, 0.25) is 0 Å². The Morgan fingerprint density at radius 1 is 1.17 bits per heavy atom. The van der Waals surface area contributed by atoms with E-state index in [1.165, 1.54) is 12.1 Å². The van der Waals surface area contributed by atoms with Crippen LogP contribution in [0.1, 0.15) is 26.9 Å². The van der Waals surface area contributed by atoms with Crippen LogP contribution in [0.25, 0.3) is 0 Å². The van der Waals surface area contributed by atoms with Crippen molar-refractivity contribution in [2.75, 3.05) is 12.3 Å². The molecular weight excluding hydrogens is 403 g/mol. The van der Waals surface area contributed by atoms with Crippen LogP contribution in [0.4, 0.5) is 13.2 Å². The first kappa shape index (κ1) is 17.4. The predicted molar refractivity (Wildman–Crippen MR) is 91.8 cm³/mol. The number of benzene rings is 2. The Morgan fingerprint density at radius 3 is 2.50 bits per heavy atom. The summed E-state index contributed by atoms with van der Waals surface area (Å²) in [5.74, 6) is 0.636. The third-order valence-corrected chi connectivity index (χ3v) is 5.50. The quantitative estimate of drug-likeness (QED) is 0.658. The molecule has 0 radical (unpaired) electrons. The Hall–Kier alpha value is -1.47. The lowest BCUT2D eigenvalue weighted by molar-refractivity contribution is -0.137. The van der Waals surface area contributed by atoms with Gasteiger partial charge in [-0.25, -0.2) is 0 Å². The molecule has 0 N–H and O–H groups in total. The molecule has 126 valence electrons.